The highest BCUT2D eigenvalue weighted by Crippen LogP contribution is 2.02. The molecule has 0 aliphatic rings. The van der Waals surface area contributed by atoms with Gasteiger partial charge < -0.3 is 5.32 Å². The van der Waals surface area contributed by atoms with Crippen molar-refractivity contribution >= 4 is 5.91 Å². The maximum atomic E-state index is 13.0. The number of carbonyl (C=O) groups excluding carboxylic acids is 1. The summed E-state index contributed by atoms with van der Waals surface area (Å²) in [5.41, 5.74) is 0.729. The summed E-state index contributed by atoms with van der Waals surface area (Å²) in [5, 5.41) is 2.62. The van der Waals surface area contributed by atoms with Crippen LogP contribution in [-0.2, 0) is 6.54 Å². The van der Waals surface area contributed by atoms with Gasteiger partial charge in [0.2, 0.25) is 0 Å². The van der Waals surface area contributed by atoms with Gasteiger partial charge in [-0.3, -0.25) is 14.2 Å². The number of nitrogens with zero attached hydrogens (tertiary/aromatic N) is 2. The Morgan fingerprint density at radius 3 is 2.90 bits per heavy atom. The first kappa shape index (κ1) is 13.9. The van der Waals surface area contributed by atoms with Crippen LogP contribution < -0.4 is 10.9 Å². The summed E-state index contributed by atoms with van der Waals surface area (Å²) >= 11 is 0. The standard InChI is InChI=1S/C14H14FN3O2/c1-10-7-13(19)18(9-17-10)6-5-16-14(20)11-3-2-4-12(15)8-11/h2-4,7-9H,5-6H2,1H3,(H,16,20). The van der Waals surface area contributed by atoms with E-state index in [1.54, 1.807) is 6.92 Å². The molecule has 2 rings (SSSR count). The zero-order valence-corrected chi connectivity index (χ0v) is 11.0. The van der Waals surface area contributed by atoms with Crippen LogP contribution in [0, 0.1) is 12.7 Å². The lowest BCUT2D eigenvalue weighted by atomic mass is 10.2. The third-order valence-corrected chi connectivity index (χ3v) is 2.74. The number of hydrogen-bond acceptors (Lipinski definition) is 3. The van der Waals surface area contributed by atoms with Gasteiger partial charge >= 0.3 is 0 Å². The number of benzene rings is 1. The van der Waals surface area contributed by atoms with Crippen LogP contribution in [0.15, 0.2) is 41.5 Å². The Bertz CT molecular complexity index is 682. The van der Waals surface area contributed by atoms with Crippen molar-refractivity contribution in [2.75, 3.05) is 6.54 Å². The van der Waals surface area contributed by atoms with Crippen molar-refractivity contribution in [2.45, 2.75) is 13.5 Å². The van der Waals surface area contributed by atoms with Gasteiger partial charge in [-0.15, -0.1) is 0 Å². The molecule has 1 heterocycles. The van der Waals surface area contributed by atoms with Crippen molar-refractivity contribution in [3.63, 3.8) is 0 Å². The van der Waals surface area contributed by atoms with Crippen LogP contribution in [0.2, 0.25) is 0 Å². The number of carbonyl (C=O) groups is 1. The quantitative estimate of drug-likeness (QED) is 0.909. The zero-order chi connectivity index (χ0) is 14.5. The van der Waals surface area contributed by atoms with E-state index in [4.69, 9.17) is 0 Å². The molecule has 104 valence electrons. The van der Waals surface area contributed by atoms with Gasteiger partial charge in [0.1, 0.15) is 5.82 Å². The van der Waals surface area contributed by atoms with Gasteiger partial charge in [-0.25, -0.2) is 9.37 Å². The van der Waals surface area contributed by atoms with Gasteiger partial charge in [-0.05, 0) is 25.1 Å². The lowest BCUT2D eigenvalue weighted by Gasteiger charge is -2.07. The number of aryl methyl sites for hydroxylation is 1. The third-order valence-electron chi connectivity index (χ3n) is 2.74. The molecule has 0 unspecified atom stereocenters. The SMILES string of the molecule is Cc1cc(=O)n(CCNC(=O)c2cccc(F)c2)cn1. The third kappa shape index (κ3) is 3.50. The molecule has 1 N–H and O–H groups in total. The second-order valence-electron chi connectivity index (χ2n) is 4.33. The van der Waals surface area contributed by atoms with E-state index in [2.05, 4.69) is 10.3 Å². The Morgan fingerprint density at radius 1 is 1.40 bits per heavy atom. The van der Waals surface area contributed by atoms with Crippen LogP contribution in [0.5, 0.6) is 0 Å². The van der Waals surface area contributed by atoms with Gasteiger partial charge in [0, 0.05) is 30.4 Å². The summed E-state index contributed by atoms with van der Waals surface area (Å²) in [5.74, 6) is -0.839. The monoisotopic (exact) mass is 275 g/mol. The summed E-state index contributed by atoms with van der Waals surface area (Å²) in [6.07, 6.45) is 1.44. The maximum Gasteiger partial charge on any atom is 0.253 e. The molecule has 1 aromatic carbocycles. The molecule has 0 aliphatic carbocycles. The predicted molar refractivity (Wildman–Crippen MR) is 72.0 cm³/mol. The smallest absolute Gasteiger partial charge is 0.253 e. The predicted octanol–water partition coefficient (Wildman–Crippen LogP) is 1.12. The number of rotatable bonds is 4. The Balaban J connectivity index is 1.93. The lowest BCUT2D eigenvalue weighted by Crippen LogP contribution is -2.30. The highest BCUT2D eigenvalue weighted by Gasteiger charge is 2.05. The van der Waals surface area contributed by atoms with Crippen LogP contribution in [0.3, 0.4) is 0 Å². The number of halogens is 1. The van der Waals surface area contributed by atoms with Crippen molar-refractivity contribution in [3.05, 3.63) is 64.1 Å². The molecule has 0 spiro atoms. The fourth-order valence-electron chi connectivity index (χ4n) is 1.71. The van der Waals surface area contributed by atoms with Crippen molar-refractivity contribution in [1.82, 2.24) is 14.9 Å². The summed E-state index contributed by atoms with van der Waals surface area (Å²) in [7, 11) is 0. The van der Waals surface area contributed by atoms with E-state index in [0.29, 0.717) is 12.2 Å². The first-order valence-electron chi connectivity index (χ1n) is 6.13. The Kier molecular flexibility index (Phi) is 4.24. The average molecular weight is 275 g/mol. The minimum atomic E-state index is -0.461. The Labute approximate surface area is 115 Å². The normalized spacial score (nSPS) is 10.3. The fourth-order valence-corrected chi connectivity index (χ4v) is 1.71. The maximum absolute atomic E-state index is 13.0. The van der Waals surface area contributed by atoms with Crippen LogP contribution in [0.25, 0.3) is 0 Å². The topological polar surface area (TPSA) is 64.0 Å². The van der Waals surface area contributed by atoms with Crippen molar-refractivity contribution in [2.24, 2.45) is 0 Å². The molecule has 0 radical (unpaired) electrons. The van der Waals surface area contributed by atoms with Crippen LogP contribution in [0.4, 0.5) is 4.39 Å². The van der Waals surface area contributed by atoms with Crippen LogP contribution in [0.1, 0.15) is 16.1 Å². The van der Waals surface area contributed by atoms with E-state index in [1.165, 1.54) is 35.2 Å². The van der Waals surface area contributed by atoms with E-state index in [-0.39, 0.29) is 23.6 Å². The summed E-state index contributed by atoms with van der Waals surface area (Å²) < 4.78 is 14.4. The summed E-state index contributed by atoms with van der Waals surface area (Å²) in [6, 6.07) is 6.86. The zero-order valence-electron chi connectivity index (χ0n) is 11.0. The molecular weight excluding hydrogens is 261 g/mol. The van der Waals surface area contributed by atoms with E-state index in [0.717, 1.165) is 6.07 Å². The molecule has 0 bridgehead atoms. The molecule has 1 aromatic heterocycles. The van der Waals surface area contributed by atoms with E-state index in [1.807, 2.05) is 0 Å². The summed E-state index contributed by atoms with van der Waals surface area (Å²) in [4.78, 5) is 27.3. The fraction of sp³-hybridized carbons (Fsp3) is 0.214. The van der Waals surface area contributed by atoms with Gasteiger partial charge in [-0.2, -0.15) is 0 Å². The van der Waals surface area contributed by atoms with Gasteiger partial charge in [0.15, 0.2) is 0 Å². The Morgan fingerprint density at radius 2 is 2.20 bits per heavy atom. The van der Waals surface area contributed by atoms with Gasteiger partial charge in [0.25, 0.3) is 11.5 Å². The second-order valence-corrected chi connectivity index (χ2v) is 4.33. The molecule has 1 amide bonds. The number of aromatic nitrogens is 2. The first-order chi connectivity index (χ1) is 9.56. The second kappa shape index (κ2) is 6.10. The molecule has 0 aliphatic heterocycles. The number of hydrogen-bond donors (Lipinski definition) is 1. The molecule has 0 atom stereocenters. The van der Waals surface area contributed by atoms with Gasteiger partial charge in [0.05, 0.1) is 6.33 Å². The van der Waals surface area contributed by atoms with E-state index >= 15 is 0 Å². The first-order valence-corrected chi connectivity index (χ1v) is 6.13. The van der Waals surface area contributed by atoms with Crippen molar-refractivity contribution in [1.29, 1.82) is 0 Å². The highest BCUT2D eigenvalue weighted by atomic mass is 19.1. The highest BCUT2D eigenvalue weighted by molar-refractivity contribution is 5.94. The van der Waals surface area contributed by atoms with Gasteiger partial charge in [-0.1, -0.05) is 6.07 Å². The minimum absolute atomic E-state index is 0.169. The number of amides is 1. The molecule has 0 saturated carbocycles. The van der Waals surface area contributed by atoms with Crippen molar-refractivity contribution < 1.29 is 9.18 Å². The van der Waals surface area contributed by atoms with Crippen LogP contribution >= 0.6 is 0 Å². The largest absolute Gasteiger partial charge is 0.350 e. The molecular formula is C14H14FN3O2. The molecule has 0 fully saturated rings. The molecule has 6 heteroatoms. The lowest BCUT2D eigenvalue weighted by molar-refractivity contribution is 0.0951. The molecule has 0 saturated heterocycles. The van der Waals surface area contributed by atoms with E-state index in [9.17, 15) is 14.0 Å². The molecule has 5 nitrogen and oxygen atoms in total. The van der Waals surface area contributed by atoms with Crippen molar-refractivity contribution in [3.8, 4) is 0 Å². The molecule has 2 aromatic rings. The Hall–Kier alpha value is -2.50. The van der Waals surface area contributed by atoms with Crippen LogP contribution in [-0.4, -0.2) is 22.0 Å². The number of nitrogens with one attached hydrogen (secondary N) is 1. The average Bonchev–Trinajstić information content (AvgIpc) is 2.41. The summed E-state index contributed by atoms with van der Waals surface area (Å²) in [6.45, 7) is 2.31. The van der Waals surface area contributed by atoms with E-state index < -0.39 is 5.82 Å². The minimum Gasteiger partial charge on any atom is -0.350 e. The molecule has 20 heavy (non-hydrogen) atoms.